The van der Waals surface area contributed by atoms with Crippen molar-refractivity contribution in [1.82, 2.24) is 4.90 Å². The number of hydrogen-bond donors (Lipinski definition) is 0. The minimum absolute atomic E-state index is 0.0331. The fourth-order valence-electron chi connectivity index (χ4n) is 3.94. The molecule has 2 aromatic carbocycles. The van der Waals surface area contributed by atoms with E-state index in [1.807, 2.05) is 0 Å². The number of fused-ring (bicyclic) bond motifs is 1. The monoisotopic (exact) mass is 511 g/mol. The summed E-state index contributed by atoms with van der Waals surface area (Å²) < 4.78 is 45.5. The molecule has 0 spiro atoms. The van der Waals surface area contributed by atoms with E-state index in [9.17, 15) is 22.8 Å². The first-order chi connectivity index (χ1) is 16.4. The predicted octanol–water partition coefficient (Wildman–Crippen LogP) is 7.96. The van der Waals surface area contributed by atoms with Gasteiger partial charge in [0.1, 0.15) is 5.75 Å². The highest BCUT2D eigenvalue weighted by molar-refractivity contribution is 6.31. The molecule has 0 atom stereocenters. The highest BCUT2D eigenvalue weighted by atomic mass is 35.5. The van der Waals surface area contributed by atoms with Crippen LogP contribution in [0.3, 0.4) is 0 Å². The van der Waals surface area contributed by atoms with Crippen LogP contribution in [0.25, 0.3) is 0 Å². The smallest absolute Gasteiger partial charge is 0.417 e. The molecule has 1 heterocycles. The Labute approximate surface area is 210 Å². The SMILES string of the molecule is CCC.CCCCCOc1cccc2c1C(=O)N(C(C)(C)Cc1ccc(Cl)c(C(F)(F)F)c1)C2=O. The first-order valence-corrected chi connectivity index (χ1v) is 12.3. The molecule has 35 heavy (non-hydrogen) atoms. The van der Waals surface area contributed by atoms with E-state index in [-0.39, 0.29) is 17.5 Å². The topological polar surface area (TPSA) is 46.6 Å². The number of carbonyl (C=O) groups is 2. The summed E-state index contributed by atoms with van der Waals surface area (Å²) in [7, 11) is 0. The maximum Gasteiger partial charge on any atom is 0.417 e. The fraction of sp³-hybridized carbons (Fsp3) is 0.481. The lowest BCUT2D eigenvalue weighted by atomic mass is 9.92. The van der Waals surface area contributed by atoms with Gasteiger partial charge in [-0.05, 0) is 56.5 Å². The summed E-state index contributed by atoms with van der Waals surface area (Å²) in [4.78, 5) is 27.5. The largest absolute Gasteiger partial charge is 0.493 e. The van der Waals surface area contributed by atoms with Crippen LogP contribution in [0.4, 0.5) is 13.2 Å². The number of alkyl halides is 3. The average Bonchev–Trinajstić information content (AvgIpc) is 3.03. The van der Waals surface area contributed by atoms with Crippen LogP contribution in [0, 0.1) is 0 Å². The van der Waals surface area contributed by atoms with Crippen LogP contribution in [-0.2, 0) is 12.6 Å². The molecule has 2 amide bonds. The van der Waals surface area contributed by atoms with E-state index in [0.29, 0.717) is 17.9 Å². The third-order valence-electron chi connectivity index (χ3n) is 5.46. The lowest BCUT2D eigenvalue weighted by Gasteiger charge is -2.34. The zero-order chi connectivity index (χ0) is 26.4. The molecular weight excluding hydrogens is 479 g/mol. The number of rotatable bonds is 8. The molecule has 8 heteroatoms. The van der Waals surface area contributed by atoms with Crippen molar-refractivity contribution in [3.8, 4) is 5.75 Å². The Morgan fingerprint density at radius 1 is 0.971 bits per heavy atom. The summed E-state index contributed by atoms with van der Waals surface area (Å²) in [6.45, 7) is 10.1. The molecule has 1 aliphatic heterocycles. The number of ether oxygens (including phenoxy) is 1. The maximum atomic E-state index is 13.3. The summed E-state index contributed by atoms with van der Waals surface area (Å²) >= 11 is 5.71. The van der Waals surface area contributed by atoms with Crippen molar-refractivity contribution in [3.63, 3.8) is 0 Å². The number of hydrogen-bond acceptors (Lipinski definition) is 3. The number of halogens is 4. The second kappa shape index (κ2) is 11.9. The standard InChI is InChI=1S/C24H25ClF3NO3.C3H8/c1-4-5-6-12-32-19-9-7-8-16-20(19)22(31)29(21(16)30)23(2,3)14-15-10-11-18(25)17(13-15)24(26,27)28;1-3-2/h7-11,13H,4-6,12,14H2,1-3H3;3H2,1-2H3. The van der Waals surface area contributed by atoms with Crippen LogP contribution >= 0.6 is 11.6 Å². The zero-order valence-corrected chi connectivity index (χ0v) is 21.6. The number of nitrogens with zero attached hydrogens (tertiary/aromatic N) is 1. The molecule has 0 aromatic heterocycles. The van der Waals surface area contributed by atoms with Gasteiger partial charge in [0.25, 0.3) is 11.8 Å². The van der Waals surface area contributed by atoms with Crippen LogP contribution in [0.2, 0.25) is 5.02 Å². The summed E-state index contributed by atoms with van der Waals surface area (Å²) in [5.74, 6) is -0.647. The molecule has 0 saturated carbocycles. The van der Waals surface area contributed by atoms with Gasteiger partial charge in [-0.1, -0.05) is 63.8 Å². The molecule has 3 rings (SSSR count). The Hall–Kier alpha value is -2.54. The van der Waals surface area contributed by atoms with E-state index >= 15 is 0 Å². The minimum Gasteiger partial charge on any atom is -0.493 e. The fourth-order valence-corrected chi connectivity index (χ4v) is 4.16. The molecule has 1 aliphatic rings. The summed E-state index contributed by atoms with van der Waals surface area (Å²) in [5.41, 5.74) is -1.27. The van der Waals surface area contributed by atoms with E-state index in [1.165, 1.54) is 18.6 Å². The molecule has 0 fully saturated rings. The van der Waals surface area contributed by atoms with E-state index in [4.69, 9.17) is 16.3 Å². The van der Waals surface area contributed by atoms with Gasteiger partial charge in [0, 0.05) is 5.54 Å². The lowest BCUT2D eigenvalue weighted by molar-refractivity contribution is -0.137. The zero-order valence-electron chi connectivity index (χ0n) is 20.9. The molecule has 0 radical (unpaired) electrons. The highest BCUT2D eigenvalue weighted by Crippen LogP contribution is 2.38. The molecule has 0 saturated heterocycles. The molecule has 0 unspecified atom stereocenters. The normalized spacial score (nSPS) is 13.5. The summed E-state index contributed by atoms with van der Waals surface area (Å²) in [6, 6.07) is 8.49. The molecular formula is C27H33ClF3NO3. The van der Waals surface area contributed by atoms with E-state index in [2.05, 4.69) is 20.8 Å². The highest BCUT2D eigenvalue weighted by Gasteiger charge is 2.46. The average molecular weight is 512 g/mol. The first-order valence-electron chi connectivity index (χ1n) is 11.9. The van der Waals surface area contributed by atoms with Gasteiger partial charge in [-0.3, -0.25) is 14.5 Å². The third kappa shape index (κ3) is 6.78. The predicted molar refractivity (Wildman–Crippen MR) is 132 cm³/mol. The van der Waals surface area contributed by atoms with E-state index in [0.717, 1.165) is 30.2 Å². The first kappa shape index (κ1) is 28.7. The van der Waals surface area contributed by atoms with Gasteiger partial charge in [-0.15, -0.1) is 0 Å². The van der Waals surface area contributed by atoms with Gasteiger partial charge in [0.2, 0.25) is 0 Å². The van der Waals surface area contributed by atoms with Crippen molar-refractivity contribution < 1.29 is 27.5 Å². The number of amides is 2. The van der Waals surface area contributed by atoms with Gasteiger partial charge in [-0.25, -0.2) is 0 Å². The van der Waals surface area contributed by atoms with Gasteiger partial charge in [-0.2, -0.15) is 13.2 Å². The molecule has 0 bridgehead atoms. The molecule has 2 aromatic rings. The summed E-state index contributed by atoms with van der Waals surface area (Å²) in [6.07, 6.45) is -0.476. The summed E-state index contributed by atoms with van der Waals surface area (Å²) in [5, 5.41) is -0.398. The van der Waals surface area contributed by atoms with Crippen molar-refractivity contribution in [1.29, 1.82) is 0 Å². The number of imide groups is 1. The van der Waals surface area contributed by atoms with Gasteiger partial charge < -0.3 is 4.74 Å². The third-order valence-corrected chi connectivity index (χ3v) is 5.79. The van der Waals surface area contributed by atoms with Crippen LogP contribution < -0.4 is 4.74 Å². The molecule has 0 aliphatic carbocycles. The van der Waals surface area contributed by atoms with Crippen LogP contribution in [0.15, 0.2) is 36.4 Å². The van der Waals surface area contributed by atoms with Gasteiger partial charge >= 0.3 is 6.18 Å². The van der Waals surface area contributed by atoms with Crippen molar-refractivity contribution in [2.45, 2.75) is 78.4 Å². The van der Waals surface area contributed by atoms with Crippen molar-refractivity contribution in [2.75, 3.05) is 6.61 Å². The Kier molecular flexibility index (Phi) is 9.78. The van der Waals surface area contributed by atoms with E-state index in [1.54, 1.807) is 32.0 Å². The number of unbranched alkanes of at least 4 members (excludes halogenated alkanes) is 2. The molecule has 4 nitrogen and oxygen atoms in total. The van der Waals surface area contributed by atoms with E-state index < -0.39 is 34.1 Å². The second-order valence-corrected chi connectivity index (χ2v) is 9.60. The lowest BCUT2D eigenvalue weighted by Crippen LogP contribution is -2.49. The quantitative estimate of drug-likeness (QED) is 0.267. The van der Waals surface area contributed by atoms with Gasteiger partial charge in [0.05, 0.1) is 28.3 Å². The second-order valence-electron chi connectivity index (χ2n) is 9.19. The van der Waals surface area contributed by atoms with Crippen LogP contribution in [0.5, 0.6) is 5.75 Å². The Bertz CT molecular complexity index is 1050. The maximum absolute atomic E-state index is 13.3. The molecule has 0 N–H and O–H groups in total. The Morgan fingerprint density at radius 3 is 2.23 bits per heavy atom. The minimum atomic E-state index is -4.60. The van der Waals surface area contributed by atoms with Crippen LogP contribution in [0.1, 0.15) is 92.1 Å². The number of carbonyl (C=O) groups excluding carboxylic acids is 2. The van der Waals surface area contributed by atoms with Crippen LogP contribution in [-0.4, -0.2) is 28.9 Å². The molecule has 192 valence electrons. The Balaban J connectivity index is 0.00000137. The van der Waals surface area contributed by atoms with Crippen molar-refractivity contribution in [3.05, 3.63) is 63.7 Å². The van der Waals surface area contributed by atoms with Crippen molar-refractivity contribution >= 4 is 23.4 Å². The van der Waals surface area contributed by atoms with Crippen molar-refractivity contribution in [2.24, 2.45) is 0 Å². The number of benzene rings is 2. The Morgan fingerprint density at radius 2 is 1.63 bits per heavy atom. The van der Waals surface area contributed by atoms with Gasteiger partial charge in [0.15, 0.2) is 0 Å².